The molecule has 40 heavy (non-hydrogen) atoms. The van der Waals surface area contributed by atoms with Gasteiger partial charge in [-0.3, -0.25) is 9.78 Å². The van der Waals surface area contributed by atoms with Gasteiger partial charge in [0, 0.05) is 19.2 Å². The normalized spacial score (nSPS) is 17.3. The van der Waals surface area contributed by atoms with Crippen molar-refractivity contribution in [3.05, 3.63) is 53.5 Å². The second-order valence-corrected chi connectivity index (χ2v) is 9.41. The third-order valence-corrected chi connectivity index (χ3v) is 6.42. The fourth-order valence-electron chi connectivity index (χ4n) is 4.26. The number of nitrogens with one attached hydrogen (secondary N) is 2. The quantitative estimate of drug-likeness (QED) is 0.307. The summed E-state index contributed by atoms with van der Waals surface area (Å²) in [6.45, 7) is 0.507. The van der Waals surface area contributed by atoms with Gasteiger partial charge in [-0.15, -0.1) is 0 Å². The van der Waals surface area contributed by atoms with E-state index in [4.69, 9.17) is 0 Å². The van der Waals surface area contributed by atoms with Gasteiger partial charge >= 0.3 is 6.18 Å². The van der Waals surface area contributed by atoms with Crippen LogP contribution in [0.1, 0.15) is 31.5 Å². The molecule has 0 aromatic carbocycles. The van der Waals surface area contributed by atoms with Crippen molar-refractivity contribution in [1.82, 2.24) is 29.7 Å². The lowest BCUT2D eigenvalue weighted by atomic mass is 9.83. The van der Waals surface area contributed by atoms with Crippen LogP contribution in [-0.4, -0.2) is 54.3 Å². The number of amides is 1. The molecule has 0 aliphatic carbocycles. The highest BCUT2D eigenvalue weighted by Gasteiger charge is 2.63. The molecule has 9 nitrogen and oxygen atoms in total. The average molecular weight is 568 g/mol. The van der Waals surface area contributed by atoms with E-state index in [2.05, 4.69) is 35.7 Å². The summed E-state index contributed by atoms with van der Waals surface area (Å²) in [5.41, 5.74) is -3.93. The van der Waals surface area contributed by atoms with Gasteiger partial charge in [-0.05, 0) is 32.0 Å². The predicted octanol–water partition coefficient (Wildman–Crippen LogP) is 4.84. The van der Waals surface area contributed by atoms with Crippen molar-refractivity contribution in [2.24, 2.45) is 0 Å². The number of hydrogen-bond donors (Lipinski definition) is 2. The Kier molecular flexibility index (Phi) is 6.38. The number of alkyl halides is 5. The second-order valence-electron chi connectivity index (χ2n) is 9.41. The van der Waals surface area contributed by atoms with Crippen molar-refractivity contribution in [1.29, 1.82) is 0 Å². The fraction of sp³-hybridized carbons (Fsp3) is 0.333. The summed E-state index contributed by atoms with van der Waals surface area (Å²) in [5.74, 6) is -7.47. The summed E-state index contributed by atoms with van der Waals surface area (Å²) in [7, 11) is 0. The van der Waals surface area contributed by atoms with E-state index in [0.29, 0.717) is 13.8 Å². The number of fused-ring (bicyclic) bond motifs is 2. The average Bonchev–Trinajstić information content (AvgIpc) is 3.34. The maximum Gasteiger partial charge on any atom is 0.407 e. The van der Waals surface area contributed by atoms with Gasteiger partial charge in [0.1, 0.15) is 29.0 Å². The SMILES string of the molecule is CC(F)(F)CCNc1nc(-c2nn(Cc3ncccc3F)c3ncc(F)cc23)nc2c1C(C)(C(F)(F)F)C(=O)N2. The van der Waals surface area contributed by atoms with Crippen molar-refractivity contribution in [3.63, 3.8) is 0 Å². The minimum Gasteiger partial charge on any atom is -0.369 e. The highest BCUT2D eigenvalue weighted by molar-refractivity contribution is 6.07. The minimum absolute atomic E-state index is 0.0187. The molecule has 16 heteroatoms. The first kappa shape index (κ1) is 27.2. The Labute approximate surface area is 220 Å². The predicted molar refractivity (Wildman–Crippen MR) is 128 cm³/mol. The van der Waals surface area contributed by atoms with Gasteiger partial charge in [-0.2, -0.15) is 18.3 Å². The van der Waals surface area contributed by atoms with Crippen LogP contribution >= 0.6 is 0 Å². The Morgan fingerprint density at radius 1 is 1.12 bits per heavy atom. The van der Waals surface area contributed by atoms with Crippen LogP contribution in [-0.2, 0) is 16.8 Å². The highest BCUT2D eigenvalue weighted by Crippen LogP contribution is 2.50. The molecule has 0 fully saturated rings. The van der Waals surface area contributed by atoms with E-state index in [0.717, 1.165) is 12.3 Å². The molecule has 1 aliphatic rings. The van der Waals surface area contributed by atoms with Crippen LogP contribution in [0.3, 0.4) is 0 Å². The van der Waals surface area contributed by atoms with Crippen LogP contribution in [0.4, 0.5) is 42.4 Å². The number of anilines is 2. The third-order valence-electron chi connectivity index (χ3n) is 6.42. The molecule has 5 rings (SSSR count). The molecule has 0 bridgehead atoms. The summed E-state index contributed by atoms with van der Waals surface area (Å²) in [5, 5.41) is 8.87. The summed E-state index contributed by atoms with van der Waals surface area (Å²) >= 11 is 0. The zero-order chi connectivity index (χ0) is 29.0. The Balaban J connectivity index is 1.68. The fourth-order valence-corrected chi connectivity index (χ4v) is 4.26. The molecule has 0 radical (unpaired) electrons. The number of rotatable bonds is 7. The van der Waals surface area contributed by atoms with Crippen LogP contribution in [0.5, 0.6) is 0 Å². The second kappa shape index (κ2) is 9.38. The molecule has 1 unspecified atom stereocenters. The van der Waals surface area contributed by atoms with E-state index in [1.165, 1.54) is 23.0 Å². The third kappa shape index (κ3) is 4.66. The van der Waals surface area contributed by atoms with E-state index in [9.17, 15) is 35.5 Å². The van der Waals surface area contributed by atoms with E-state index in [1.807, 2.05) is 0 Å². The molecule has 4 aromatic rings. The molecule has 0 saturated carbocycles. The molecule has 210 valence electrons. The van der Waals surface area contributed by atoms with E-state index in [-0.39, 0.29) is 34.8 Å². The largest absolute Gasteiger partial charge is 0.407 e. The van der Waals surface area contributed by atoms with Crippen molar-refractivity contribution < 1.29 is 35.5 Å². The molecule has 1 amide bonds. The maximum absolute atomic E-state index is 14.3. The van der Waals surface area contributed by atoms with Crippen molar-refractivity contribution in [2.75, 3.05) is 17.2 Å². The Morgan fingerprint density at radius 2 is 1.88 bits per heavy atom. The van der Waals surface area contributed by atoms with Gasteiger partial charge in [0.25, 0.3) is 0 Å². The van der Waals surface area contributed by atoms with Crippen LogP contribution in [0, 0.1) is 11.6 Å². The van der Waals surface area contributed by atoms with Crippen molar-refractivity contribution in [2.45, 2.75) is 44.3 Å². The number of aromatic nitrogens is 6. The van der Waals surface area contributed by atoms with Crippen LogP contribution in [0.25, 0.3) is 22.6 Å². The van der Waals surface area contributed by atoms with E-state index < -0.39 is 65.2 Å². The zero-order valence-electron chi connectivity index (χ0n) is 20.7. The molecular weight excluding hydrogens is 549 g/mol. The molecule has 1 aliphatic heterocycles. The number of nitrogens with zero attached hydrogens (tertiary/aromatic N) is 6. The molecule has 2 N–H and O–H groups in total. The van der Waals surface area contributed by atoms with Crippen LogP contribution in [0.2, 0.25) is 0 Å². The number of hydrogen-bond acceptors (Lipinski definition) is 7. The molecular formula is C24H19F7N8O. The first-order chi connectivity index (χ1) is 18.7. The summed E-state index contributed by atoms with van der Waals surface area (Å²) in [6, 6.07) is 3.57. The van der Waals surface area contributed by atoms with Gasteiger partial charge < -0.3 is 10.6 Å². The summed E-state index contributed by atoms with van der Waals surface area (Å²) in [6.07, 6.45) is -3.62. The monoisotopic (exact) mass is 568 g/mol. The van der Waals surface area contributed by atoms with Crippen molar-refractivity contribution in [3.8, 4) is 11.5 Å². The summed E-state index contributed by atoms with van der Waals surface area (Å²) < 4.78 is 99.0. The topological polar surface area (TPSA) is 111 Å². The van der Waals surface area contributed by atoms with E-state index in [1.54, 1.807) is 0 Å². The van der Waals surface area contributed by atoms with E-state index >= 15 is 0 Å². The van der Waals surface area contributed by atoms with Crippen LogP contribution < -0.4 is 10.6 Å². The van der Waals surface area contributed by atoms with Crippen LogP contribution in [0.15, 0.2) is 30.6 Å². The lowest BCUT2D eigenvalue weighted by molar-refractivity contribution is -0.186. The standard InChI is InChI=1S/C24H19F7N8O/c1-22(27,28)5-7-33-17-15-18(37-21(40)23(15,2)24(29,30)31)36-19(35-17)16-12-8-11(25)9-34-20(12)39(38-16)10-14-13(26)4-3-6-32-14/h3-4,6,8-9H,5,7,10H2,1-2H3,(H2,33,35,36,37,40). The lowest BCUT2D eigenvalue weighted by Gasteiger charge is -2.26. The first-order valence-electron chi connectivity index (χ1n) is 11.7. The molecule has 1 atom stereocenters. The number of carbonyl (C=O) groups is 1. The number of halogens is 7. The van der Waals surface area contributed by atoms with Gasteiger partial charge in [0.15, 0.2) is 16.9 Å². The molecule has 4 aromatic heterocycles. The zero-order valence-corrected chi connectivity index (χ0v) is 20.7. The Bertz CT molecular complexity index is 1630. The number of carbonyl (C=O) groups excluding carboxylic acids is 1. The minimum atomic E-state index is -5.09. The molecule has 0 saturated heterocycles. The molecule has 0 spiro atoms. The van der Waals surface area contributed by atoms with Gasteiger partial charge in [0.2, 0.25) is 11.8 Å². The van der Waals surface area contributed by atoms with Gasteiger partial charge in [-0.1, -0.05) is 0 Å². The lowest BCUT2D eigenvalue weighted by Crippen LogP contribution is -2.45. The molecule has 5 heterocycles. The smallest absolute Gasteiger partial charge is 0.369 e. The van der Waals surface area contributed by atoms with Crippen molar-refractivity contribution >= 4 is 28.6 Å². The van der Waals surface area contributed by atoms with Gasteiger partial charge in [-0.25, -0.2) is 37.2 Å². The Hall–Kier alpha value is -4.37. The first-order valence-corrected chi connectivity index (χ1v) is 11.7. The number of pyridine rings is 2. The maximum atomic E-state index is 14.3. The highest BCUT2D eigenvalue weighted by atomic mass is 19.4. The summed E-state index contributed by atoms with van der Waals surface area (Å²) in [4.78, 5) is 28.7. The Morgan fingerprint density at radius 3 is 2.55 bits per heavy atom. The van der Waals surface area contributed by atoms with Gasteiger partial charge in [0.05, 0.1) is 29.4 Å².